The number of aromatic hydroxyl groups is 1. The molecule has 1 aromatic carbocycles. The van der Waals surface area contributed by atoms with E-state index in [9.17, 15) is 9.90 Å². The molecule has 0 spiro atoms. The molecule has 0 radical (unpaired) electrons. The lowest BCUT2D eigenvalue weighted by atomic mass is 10.1. The van der Waals surface area contributed by atoms with Crippen LogP contribution in [0.2, 0.25) is 0 Å². The van der Waals surface area contributed by atoms with E-state index in [-0.39, 0.29) is 11.3 Å². The summed E-state index contributed by atoms with van der Waals surface area (Å²) in [6, 6.07) is 13.5. The Bertz CT molecular complexity index is 1210. The fraction of sp³-hybridized carbons (Fsp3) is 0.0526. The van der Waals surface area contributed by atoms with E-state index >= 15 is 0 Å². The number of nitrogens with one attached hydrogen (secondary N) is 1. The van der Waals surface area contributed by atoms with Crippen LogP contribution < -0.4 is 10.3 Å². The number of rotatable bonds is 3. The van der Waals surface area contributed by atoms with E-state index in [4.69, 9.17) is 10.00 Å². The molecule has 5 nitrogen and oxygen atoms in total. The number of benzene rings is 1. The summed E-state index contributed by atoms with van der Waals surface area (Å²) in [6.45, 7) is 0. The standard InChI is InChI=1S/C19H12N2O3S2/c1-24-11-4-2-10(3-5-11)14-6-7-15(26-14)13-9-25-19-16(13)17(22)12(8-20)18(23)21-19/h2-7,9H,1H3,(H2,21,22,23). The van der Waals surface area contributed by atoms with Crippen LogP contribution in [0.3, 0.4) is 0 Å². The van der Waals surface area contributed by atoms with E-state index in [2.05, 4.69) is 4.98 Å². The number of fused-ring (bicyclic) bond motifs is 1. The first-order valence-electron chi connectivity index (χ1n) is 7.63. The van der Waals surface area contributed by atoms with Crippen LogP contribution in [-0.4, -0.2) is 17.2 Å². The summed E-state index contributed by atoms with van der Waals surface area (Å²) in [7, 11) is 1.63. The number of hydrogen-bond acceptors (Lipinski definition) is 6. The van der Waals surface area contributed by atoms with Gasteiger partial charge < -0.3 is 14.8 Å². The van der Waals surface area contributed by atoms with Crippen LogP contribution in [0.25, 0.3) is 31.1 Å². The summed E-state index contributed by atoms with van der Waals surface area (Å²) >= 11 is 2.91. The Balaban J connectivity index is 1.83. The zero-order valence-electron chi connectivity index (χ0n) is 13.6. The highest BCUT2D eigenvalue weighted by Gasteiger charge is 2.18. The average Bonchev–Trinajstić information content (AvgIpc) is 3.29. The van der Waals surface area contributed by atoms with Crippen molar-refractivity contribution in [2.75, 3.05) is 7.11 Å². The lowest BCUT2D eigenvalue weighted by molar-refractivity contribution is 0.415. The molecule has 26 heavy (non-hydrogen) atoms. The second-order valence-corrected chi connectivity index (χ2v) is 7.50. The van der Waals surface area contributed by atoms with Crippen LogP contribution in [-0.2, 0) is 0 Å². The van der Waals surface area contributed by atoms with Crippen molar-refractivity contribution in [1.29, 1.82) is 5.26 Å². The van der Waals surface area contributed by atoms with Gasteiger partial charge in [0.1, 0.15) is 22.4 Å². The van der Waals surface area contributed by atoms with Gasteiger partial charge in [-0.1, -0.05) is 0 Å². The Morgan fingerprint density at radius 2 is 1.88 bits per heavy atom. The molecule has 0 bridgehead atoms. The number of H-pyrrole nitrogens is 1. The maximum Gasteiger partial charge on any atom is 0.270 e. The third-order valence-corrected chi connectivity index (χ3v) is 6.14. The molecule has 3 aromatic heterocycles. The lowest BCUT2D eigenvalue weighted by Gasteiger charge is -2.02. The van der Waals surface area contributed by atoms with Crippen LogP contribution in [0.1, 0.15) is 5.56 Å². The Morgan fingerprint density at radius 3 is 2.58 bits per heavy atom. The summed E-state index contributed by atoms with van der Waals surface area (Å²) in [5.74, 6) is 0.536. The van der Waals surface area contributed by atoms with Crippen LogP contribution in [0.15, 0.2) is 46.6 Å². The number of nitriles is 1. The van der Waals surface area contributed by atoms with Crippen molar-refractivity contribution in [3.63, 3.8) is 0 Å². The number of aromatic nitrogens is 1. The second-order valence-electron chi connectivity index (χ2n) is 5.54. The van der Waals surface area contributed by atoms with Crippen molar-refractivity contribution in [2.24, 2.45) is 0 Å². The molecular formula is C19H12N2O3S2. The third kappa shape index (κ3) is 2.56. The van der Waals surface area contributed by atoms with Crippen LogP contribution >= 0.6 is 22.7 Å². The predicted molar refractivity (Wildman–Crippen MR) is 104 cm³/mol. The van der Waals surface area contributed by atoms with Gasteiger partial charge in [0.25, 0.3) is 5.56 Å². The number of thiophene rings is 2. The zero-order valence-corrected chi connectivity index (χ0v) is 15.2. The van der Waals surface area contributed by atoms with Gasteiger partial charge in [0.15, 0.2) is 5.56 Å². The van der Waals surface area contributed by atoms with Gasteiger partial charge in [-0.15, -0.1) is 22.7 Å². The van der Waals surface area contributed by atoms with Crippen molar-refractivity contribution in [3.05, 3.63) is 57.7 Å². The van der Waals surface area contributed by atoms with Crippen LogP contribution in [0, 0.1) is 11.3 Å². The van der Waals surface area contributed by atoms with E-state index < -0.39 is 5.56 Å². The number of aromatic amines is 1. The number of nitrogens with zero attached hydrogens (tertiary/aromatic N) is 1. The molecule has 7 heteroatoms. The molecule has 128 valence electrons. The summed E-state index contributed by atoms with van der Waals surface area (Å²) < 4.78 is 5.18. The first-order valence-corrected chi connectivity index (χ1v) is 9.33. The van der Waals surface area contributed by atoms with Gasteiger partial charge in [0.05, 0.1) is 12.5 Å². The van der Waals surface area contributed by atoms with Gasteiger partial charge >= 0.3 is 0 Å². The average molecular weight is 380 g/mol. The molecule has 0 aliphatic rings. The van der Waals surface area contributed by atoms with Crippen LogP contribution in [0.4, 0.5) is 0 Å². The molecule has 0 aliphatic heterocycles. The molecule has 4 rings (SSSR count). The number of ether oxygens (including phenoxy) is 1. The van der Waals surface area contributed by atoms with E-state index in [0.717, 1.165) is 26.6 Å². The predicted octanol–water partition coefficient (Wildman–Crippen LogP) is 4.57. The molecule has 0 amide bonds. The van der Waals surface area contributed by atoms with Gasteiger partial charge in [0, 0.05) is 20.7 Å². The molecular weight excluding hydrogens is 368 g/mol. The first kappa shape index (κ1) is 16.4. The lowest BCUT2D eigenvalue weighted by Crippen LogP contribution is -2.09. The fourth-order valence-corrected chi connectivity index (χ4v) is 4.83. The molecule has 2 N–H and O–H groups in total. The quantitative estimate of drug-likeness (QED) is 0.545. The summed E-state index contributed by atoms with van der Waals surface area (Å²) in [4.78, 5) is 17.1. The number of methoxy groups -OCH3 is 1. The largest absolute Gasteiger partial charge is 0.506 e. The Morgan fingerprint density at radius 1 is 1.15 bits per heavy atom. The van der Waals surface area contributed by atoms with Crippen molar-refractivity contribution < 1.29 is 9.84 Å². The van der Waals surface area contributed by atoms with Crippen molar-refractivity contribution in [1.82, 2.24) is 4.98 Å². The number of hydrogen-bond donors (Lipinski definition) is 2. The normalized spacial score (nSPS) is 10.8. The van der Waals surface area contributed by atoms with E-state index in [1.54, 1.807) is 24.5 Å². The molecule has 0 saturated carbocycles. The van der Waals surface area contributed by atoms with Crippen molar-refractivity contribution >= 4 is 32.9 Å². The molecule has 0 aliphatic carbocycles. The van der Waals surface area contributed by atoms with Gasteiger partial charge in [-0.3, -0.25) is 4.79 Å². The molecule has 3 heterocycles. The third-order valence-electron chi connectivity index (χ3n) is 4.08. The summed E-state index contributed by atoms with van der Waals surface area (Å²) in [5.41, 5.74) is 1.04. The van der Waals surface area contributed by atoms with E-state index in [1.807, 2.05) is 41.8 Å². The van der Waals surface area contributed by atoms with Crippen molar-refractivity contribution in [3.8, 4) is 38.4 Å². The molecule has 0 atom stereocenters. The van der Waals surface area contributed by atoms with E-state index in [0.29, 0.717) is 10.2 Å². The van der Waals surface area contributed by atoms with E-state index in [1.165, 1.54) is 11.3 Å². The van der Waals surface area contributed by atoms with Gasteiger partial charge in [-0.2, -0.15) is 5.26 Å². The molecule has 0 fully saturated rings. The maximum absolute atomic E-state index is 11.8. The highest BCUT2D eigenvalue weighted by molar-refractivity contribution is 7.20. The maximum atomic E-state index is 11.8. The first-order chi connectivity index (χ1) is 12.6. The Hall–Kier alpha value is -3.08. The topological polar surface area (TPSA) is 86.1 Å². The SMILES string of the molecule is COc1ccc(-c2ccc(-c3csc4[nH]c(=O)c(C#N)c(O)c34)s2)cc1. The smallest absolute Gasteiger partial charge is 0.270 e. The summed E-state index contributed by atoms with van der Waals surface area (Å²) in [6.07, 6.45) is 0. The Labute approximate surface area is 156 Å². The second kappa shape index (κ2) is 6.33. The minimum Gasteiger partial charge on any atom is -0.506 e. The Kier molecular flexibility index (Phi) is 3.99. The molecule has 4 aromatic rings. The highest BCUT2D eigenvalue weighted by Crippen LogP contribution is 2.43. The fourth-order valence-electron chi connectivity index (χ4n) is 2.76. The zero-order chi connectivity index (χ0) is 18.3. The van der Waals surface area contributed by atoms with Crippen LogP contribution in [0.5, 0.6) is 11.5 Å². The number of pyridine rings is 1. The van der Waals surface area contributed by atoms with Gasteiger partial charge in [-0.25, -0.2) is 0 Å². The minimum absolute atomic E-state index is 0.260. The summed E-state index contributed by atoms with van der Waals surface area (Å²) in [5, 5.41) is 21.9. The monoisotopic (exact) mass is 380 g/mol. The van der Waals surface area contributed by atoms with Crippen molar-refractivity contribution in [2.45, 2.75) is 0 Å². The van der Waals surface area contributed by atoms with Gasteiger partial charge in [-0.05, 0) is 42.0 Å². The highest BCUT2D eigenvalue weighted by atomic mass is 32.1. The minimum atomic E-state index is -0.573. The van der Waals surface area contributed by atoms with Gasteiger partial charge in [0.2, 0.25) is 0 Å². The molecule has 0 saturated heterocycles. The molecule has 0 unspecified atom stereocenters.